The molecule has 0 fully saturated rings. The molecule has 0 unspecified atom stereocenters. The Hall–Kier alpha value is -1.85. The van der Waals surface area contributed by atoms with Crippen molar-refractivity contribution in [3.05, 3.63) is 58.6 Å². The molecule has 1 amide bonds. The summed E-state index contributed by atoms with van der Waals surface area (Å²) in [5.74, 6) is 0.425. The van der Waals surface area contributed by atoms with E-state index in [4.69, 9.17) is 10.5 Å². The highest BCUT2D eigenvalue weighted by molar-refractivity contribution is 9.10. The molecule has 3 N–H and O–H groups in total. The lowest BCUT2D eigenvalue weighted by Crippen LogP contribution is -2.20. The van der Waals surface area contributed by atoms with Gasteiger partial charge in [-0.2, -0.15) is 0 Å². The van der Waals surface area contributed by atoms with Crippen LogP contribution in [0.3, 0.4) is 0 Å². The molecule has 1 atom stereocenters. The maximum atomic E-state index is 11.8. The lowest BCUT2D eigenvalue weighted by molar-refractivity contribution is -0.118. The van der Waals surface area contributed by atoms with Crippen LogP contribution in [-0.4, -0.2) is 12.5 Å². The number of ether oxygens (including phenoxy) is 1. The third-order valence-electron chi connectivity index (χ3n) is 2.86. The number of nitrogens with one attached hydrogen (secondary N) is 1. The molecule has 0 bridgehead atoms. The molecule has 0 radical (unpaired) electrons. The molecule has 0 saturated carbocycles. The Morgan fingerprint density at radius 1 is 1.29 bits per heavy atom. The largest absolute Gasteiger partial charge is 0.484 e. The van der Waals surface area contributed by atoms with E-state index in [2.05, 4.69) is 21.2 Å². The van der Waals surface area contributed by atoms with Gasteiger partial charge >= 0.3 is 0 Å². The predicted octanol–water partition coefficient (Wildman–Crippen LogP) is 3.49. The standard InChI is InChI=1S/C16H17BrN2O2/c1-11(18)12-4-2-7-15(8-12)21-10-16(20)19-14-6-3-5-13(17)9-14/h2-9,11H,10,18H2,1H3,(H,19,20)/t11-/m0/s1. The molecule has 2 aromatic rings. The van der Waals surface area contributed by atoms with Gasteiger partial charge in [0, 0.05) is 16.2 Å². The van der Waals surface area contributed by atoms with Crippen molar-refractivity contribution in [1.29, 1.82) is 0 Å². The summed E-state index contributed by atoms with van der Waals surface area (Å²) in [6, 6.07) is 14.8. The van der Waals surface area contributed by atoms with E-state index in [9.17, 15) is 4.79 Å². The second kappa shape index (κ2) is 7.24. The fraction of sp³-hybridized carbons (Fsp3) is 0.188. The van der Waals surface area contributed by atoms with Crippen LogP contribution in [0.4, 0.5) is 5.69 Å². The lowest BCUT2D eigenvalue weighted by Gasteiger charge is -2.10. The summed E-state index contributed by atoms with van der Waals surface area (Å²) in [7, 11) is 0. The highest BCUT2D eigenvalue weighted by Crippen LogP contribution is 2.18. The quantitative estimate of drug-likeness (QED) is 0.869. The van der Waals surface area contributed by atoms with Gasteiger partial charge in [0.25, 0.3) is 5.91 Å². The van der Waals surface area contributed by atoms with Crippen molar-refractivity contribution in [3.8, 4) is 5.75 Å². The molecular formula is C16H17BrN2O2. The monoisotopic (exact) mass is 348 g/mol. The highest BCUT2D eigenvalue weighted by Gasteiger charge is 2.05. The molecule has 2 aromatic carbocycles. The molecule has 0 aliphatic heterocycles. The molecule has 0 heterocycles. The van der Waals surface area contributed by atoms with Gasteiger partial charge in [0.1, 0.15) is 5.75 Å². The number of carbonyl (C=O) groups excluding carboxylic acids is 1. The van der Waals surface area contributed by atoms with Gasteiger partial charge in [-0.15, -0.1) is 0 Å². The minimum Gasteiger partial charge on any atom is -0.484 e. The smallest absolute Gasteiger partial charge is 0.262 e. The SMILES string of the molecule is C[C@H](N)c1cccc(OCC(=O)Nc2cccc(Br)c2)c1. The van der Waals surface area contributed by atoms with E-state index in [-0.39, 0.29) is 18.6 Å². The molecular weight excluding hydrogens is 332 g/mol. The van der Waals surface area contributed by atoms with E-state index in [1.165, 1.54) is 0 Å². The van der Waals surface area contributed by atoms with Crippen molar-refractivity contribution >= 4 is 27.5 Å². The fourth-order valence-electron chi connectivity index (χ4n) is 1.80. The number of hydrogen-bond acceptors (Lipinski definition) is 3. The van der Waals surface area contributed by atoms with Gasteiger partial charge in [0.2, 0.25) is 0 Å². The Morgan fingerprint density at radius 3 is 2.76 bits per heavy atom. The molecule has 21 heavy (non-hydrogen) atoms. The average molecular weight is 349 g/mol. The number of rotatable bonds is 5. The van der Waals surface area contributed by atoms with Crippen LogP contribution in [-0.2, 0) is 4.79 Å². The predicted molar refractivity (Wildman–Crippen MR) is 87.3 cm³/mol. The minimum absolute atomic E-state index is 0.0467. The maximum Gasteiger partial charge on any atom is 0.262 e. The van der Waals surface area contributed by atoms with Crippen LogP contribution in [0.1, 0.15) is 18.5 Å². The number of benzene rings is 2. The first-order chi connectivity index (χ1) is 10.0. The van der Waals surface area contributed by atoms with Crippen molar-refractivity contribution < 1.29 is 9.53 Å². The van der Waals surface area contributed by atoms with Crippen molar-refractivity contribution in [2.75, 3.05) is 11.9 Å². The average Bonchev–Trinajstić information content (AvgIpc) is 2.45. The summed E-state index contributed by atoms with van der Waals surface area (Å²) in [5, 5.41) is 2.77. The Morgan fingerprint density at radius 2 is 2.05 bits per heavy atom. The molecule has 0 spiro atoms. The summed E-state index contributed by atoms with van der Waals surface area (Å²) in [4.78, 5) is 11.8. The zero-order valence-corrected chi connectivity index (χ0v) is 13.3. The zero-order chi connectivity index (χ0) is 15.2. The van der Waals surface area contributed by atoms with Crippen LogP contribution in [0.5, 0.6) is 5.75 Å². The number of hydrogen-bond donors (Lipinski definition) is 2. The summed E-state index contributed by atoms with van der Waals surface area (Å²) >= 11 is 3.35. The third-order valence-corrected chi connectivity index (χ3v) is 3.36. The molecule has 0 aromatic heterocycles. The van der Waals surface area contributed by atoms with Crippen molar-refractivity contribution in [2.45, 2.75) is 13.0 Å². The molecule has 4 nitrogen and oxygen atoms in total. The van der Waals surface area contributed by atoms with Gasteiger partial charge < -0.3 is 15.8 Å². The van der Waals surface area contributed by atoms with Crippen LogP contribution >= 0.6 is 15.9 Å². The first-order valence-corrected chi connectivity index (χ1v) is 7.37. The molecule has 110 valence electrons. The molecule has 5 heteroatoms. The number of nitrogens with two attached hydrogens (primary N) is 1. The Bertz CT molecular complexity index is 629. The van der Waals surface area contributed by atoms with Gasteiger partial charge in [-0.05, 0) is 42.8 Å². The van der Waals surface area contributed by atoms with Crippen molar-refractivity contribution in [2.24, 2.45) is 5.73 Å². The normalized spacial score (nSPS) is 11.8. The van der Waals surface area contributed by atoms with Crippen molar-refractivity contribution in [3.63, 3.8) is 0 Å². The van der Waals surface area contributed by atoms with E-state index in [0.29, 0.717) is 5.75 Å². The van der Waals surface area contributed by atoms with E-state index < -0.39 is 0 Å². The van der Waals surface area contributed by atoms with E-state index in [0.717, 1.165) is 15.7 Å². The maximum absolute atomic E-state index is 11.8. The summed E-state index contributed by atoms with van der Waals surface area (Å²) in [5.41, 5.74) is 7.51. The second-order valence-electron chi connectivity index (χ2n) is 4.71. The van der Waals surface area contributed by atoms with Crippen LogP contribution in [0, 0.1) is 0 Å². The fourth-order valence-corrected chi connectivity index (χ4v) is 2.20. The first kappa shape index (κ1) is 15.5. The second-order valence-corrected chi connectivity index (χ2v) is 5.62. The van der Waals surface area contributed by atoms with Gasteiger partial charge in [-0.3, -0.25) is 4.79 Å². The van der Waals surface area contributed by atoms with E-state index >= 15 is 0 Å². The van der Waals surface area contributed by atoms with Crippen LogP contribution in [0.15, 0.2) is 53.0 Å². The Labute approximate surface area is 132 Å². The number of carbonyl (C=O) groups is 1. The Balaban J connectivity index is 1.90. The van der Waals surface area contributed by atoms with Gasteiger partial charge in [-0.25, -0.2) is 0 Å². The molecule has 0 saturated heterocycles. The van der Waals surface area contributed by atoms with Crippen LogP contribution < -0.4 is 15.8 Å². The number of halogens is 1. The van der Waals surface area contributed by atoms with Crippen molar-refractivity contribution in [1.82, 2.24) is 0 Å². The minimum atomic E-state index is -0.209. The lowest BCUT2D eigenvalue weighted by atomic mass is 10.1. The molecule has 0 aliphatic rings. The van der Waals surface area contributed by atoms with Crippen LogP contribution in [0.2, 0.25) is 0 Å². The molecule has 2 rings (SSSR count). The van der Waals surface area contributed by atoms with Gasteiger partial charge in [-0.1, -0.05) is 34.1 Å². The van der Waals surface area contributed by atoms with E-state index in [1.807, 2.05) is 49.4 Å². The molecule has 0 aliphatic carbocycles. The third kappa shape index (κ3) is 4.88. The van der Waals surface area contributed by atoms with Gasteiger partial charge in [0.15, 0.2) is 6.61 Å². The van der Waals surface area contributed by atoms with Gasteiger partial charge in [0.05, 0.1) is 0 Å². The zero-order valence-electron chi connectivity index (χ0n) is 11.7. The highest BCUT2D eigenvalue weighted by atomic mass is 79.9. The summed E-state index contributed by atoms with van der Waals surface area (Å²) in [6.45, 7) is 1.86. The van der Waals surface area contributed by atoms with Crippen LogP contribution in [0.25, 0.3) is 0 Å². The number of amides is 1. The van der Waals surface area contributed by atoms with E-state index in [1.54, 1.807) is 6.07 Å². The summed E-state index contributed by atoms with van der Waals surface area (Å²) < 4.78 is 6.39. The first-order valence-electron chi connectivity index (χ1n) is 6.58. The topological polar surface area (TPSA) is 64.3 Å². The summed E-state index contributed by atoms with van der Waals surface area (Å²) in [6.07, 6.45) is 0. The Kier molecular flexibility index (Phi) is 5.36. The number of anilines is 1.